The van der Waals surface area contributed by atoms with Gasteiger partial charge in [0.05, 0.1) is 0 Å². The second-order valence-electron chi connectivity index (χ2n) is 3.26. The van der Waals surface area contributed by atoms with E-state index in [-0.39, 0.29) is 0 Å². The Morgan fingerprint density at radius 3 is 3.00 bits per heavy atom. The van der Waals surface area contributed by atoms with E-state index in [0.717, 1.165) is 6.42 Å². The van der Waals surface area contributed by atoms with Crippen LogP contribution >= 0.6 is 0 Å². The summed E-state index contributed by atoms with van der Waals surface area (Å²) < 4.78 is 0. The van der Waals surface area contributed by atoms with Gasteiger partial charge in [0.25, 0.3) is 0 Å². The summed E-state index contributed by atoms with van der Waals surface area (Å²) in [5, 5.41) is 0. The summed E-state index contributed by atoms with van der Waals surface area (Å²) in [6.07, 6.45) is 4.85. The third kappa shape index (κ3) is 1.47. The monoisotopic (exact) mass is 163 g/mol. The van der Waals surface area contributed by atoms with Crippen molar-refractivity contribution in [3.63, 3.8) is 0 Å². The molecule has 2 unspecified atom stereocenters. The van der Waals surface area contributed by atoms with Crippen LogP contribution in [-0.4, -0.2) is 11.0 Å². The van der Waals surface area contributed by atoms with Crippen molar-refractivity contribution < 1.29 is 0 Å². The van der Waals surface area contributed by atoms with Gasteiger partial charge in [-0.1, -0.05) is 6.07 Å². The fourth-order valence-electron chi connectivity index (χ4n) is 1.52. The predicted octanol–water partition coefficient (Wildman–Crippen LogP) is 1.01. The molecule has 0 bridgehead atoms. The van der Waals surface area contributed by atoms with Crippen molar-refractivity contribution >= 4 is 0 Å². The van der Waals surface area contributed by atoms with Gasteiger partial charge in [0.1, 0.15) is 0 Å². The van der Waals surface area contributed by atoms with Crippen LogP contribution in [0.25, 0.3) is 0 Å². The van der Waals surface area contributed by atoms with Gasteiger partial charge in [-0.05, 0) is 25.0 Å². The van der Waals surface area contributed by atoms with Crippen molar-refractivity contribution in [3.05, 3.63) is 30.1 Å². The summed E-state index contributed by atoms with van der Waals surface area (Å²) in [7, 11) is 0. The molecule has 0 amide bonds. The van der Waals surface area contributed by atoms with Crippen molar-refractivity contribution in [1.82, 2.24) is 15.8 Å². The SMILES string of the molecule is CC1CC(c2cccnc2)NN1. The average molecular weight is 163 g/mol. The number of hydrogen-bond donors (Lipinski definition) is 2. The number of rotatable bonds is 1. The van der Waals surface area contributed by atoms with Crippen LogP contribution in [0.1, 0.15) is 24.9 Å². The summed E-state index contributed by atoms with van der Waals surface area (Å²) >= 11 is 0. The standard InChI is InChI=1S/C9H13N3/c1-7-5-9(12-11-7)8-3-2-4-10-6-8/h2-4,6-7,9,11-12H,5H2,1H3. The molecule has 2 heterocycles. The Labute approximate surface area is 72.2 Å². The molecule has 0 radical (unpaired) electrons. The second-order valence-corrected chi connectivity index (χ2v) is 3.26. The van der Waals surface area contributed by atoms with Gasteiger partial charge in [-0.15, -0.1) is 0 Å². The smallest absolute Gasteiger partial charge is 0.0492 e. The average Bonchev–Trinajstić information content (AvgIpc) is 2.54. The minimum Gasteiger partial charge on any atom is -0.264 e. The molecule has 2 N–H and O–H groups in total. The molecule has 12 heavy (non-hydrogen) atoms. The highest BCUT2D eigenvalue weighted by molar-refractivity contribution is 5.14. The van der Waals surface area contributed by atoms with Gasteiger partial charge in [-0.3, -0.25) is 10.4 Å². The molecule has 0 aromatic carbocycles. The Morgan fingerprint density at radius 1 is 1.50 bits per heavy atom. The molecule has 2 atom stereocenters. The molecule has 0 aliphatic carbocycles. The van der Waals surface area contributed by atoms with E-state index in [0.29, 0.717) is 12.1 Å². The first-order valence-corrected chi connectivity index (χ1v) is 4.27. The molecule has 1 saturated heterocycles. The number of aromatic nitrogens is 1. The molecule has 0 saturated carbocycles. The van der Waals surface area contributed by atoms with Gasteiger partial charge >= 0.3 is 0 Å². The lowest BCUT2D eigenvalue weighted by Crippen LogP contribution is -2.28. The van der Waals surface area contributed by atoms with Crippen molar-refractivity contribution in [1.29, 1.82) is 0 Å². The zero-order valence-corrected chi connectivity index (χ0v) is 7.12. The molecule has 1 aliphatic heterocycles. The molecule has 1 aromatic rings. The number of pyridine rings is 1. The Hall–Kier alpha value is -0.930. The number of hydrogen-bond acceptors (Lipinski definition) is 3. The van der Waals surface area contributed by atoms with Gasteiger partial charge in [0.15, 0.2) is 0 Å². The van der Waals surface area contributed by atoms with Crippen LogP contribution in [0.4, 0.5) is 0 Å². The third-order valence-electron chi connectivity index (χ3n) is 2.18. The Morgan fingerprint density at radius 2 is 2.42 bits per heavy atom. The van der Waals surface area contributed by atoms with Crippen LogP contribution < -0.4 is 10.9 Å². The number of nitrogens with zero attached hydrogens (tertiary/aromatic N) is 1. The summed E-state index contributed by atoms with van der Waals surface area (Å²) in [4.78, 5) is 4.09. The van der Waals surface area contributed by atoms with E-state index in [4.69, 9.17) is 0 Å². The van der Waals surface area contributed by atoms with E-state index >= 15 is 0 Å². The zero-order chi connectivity index (χ0) is 8.39. The minimum atomic E-state index is 0.425. The normalized spacial score (nSPS) is 29.1. The molecule has 2 rings (SSSR count). The van der Waals surface area contributed by atoms with Gasteiger partial charge in [-0.2, -0.15) is 0 Å². The first-order valence-electron chi connectivity index (χ1n) is 4.27. The highest BCUT2D eigenvalue weighted by Gasteiger charge is 2.21. The Bertz CT molecular complexity index is 247. The molecule has 1 aliphatic rings. The minimum absolute atomic E-state index is 0.425. The molecular formula is C9H13N3. The Kier molecular flexibility index (Phi) is 2.06. The van der Waals surface area contributed by atoms with Gasteiger partial charge in [0, 0.05) is 24.5 Å². The van der Waals surface area contributed by atoms with Crippen molar-refractivity contribution in [2.45, 2.75) is 25.4 Å². The lowest BCUT2D eigenvalue weighted by molar-refractivity contribution is 0.560. The second kappa shape index (κ2) is 3.21. The van der Waals surface area contributed by atoms with E-state index in [2.05, 4.69) is 28.8 Å². The summed E-state index contributed by atoms with van der Waals surface area (Å²) in [5.74, 6) is 0. The molecule has 0 spiro atoms. The molecular weight excluding hydrogens is 150 g/mol. The van der Waals surface area contributed by atoms with Crippen molar-refractivity contribution in [2.75, 3.05) is 0 Å². The van der Waals surface area contributed by atoms with Crippen LogP contribution in [0.15, 0.2) is 24.5 Å². The van der Waals surface area contributed by atoms with E-state index in [9.17, 15) is 0 Å². The number of hydrazine groups is 1. The molecule has 1 aromatic heterocycles. The van der Waals surface area contributed by atoms with Crippen LogP contribution in [-0.2, 0) is 0 Å². The summed E-state index contributed by atoms with van der Waals surface area (Å²) in [6.45, 7) is 2.17. The van der Waals surface area contributed by atoms with E-state index in [1.165, 1.54) is 5.56 Å². The summed E-state index contributed by atoms with van der Waals surface area (Å²) in [5.41, 5.74) is 7.68. The Balaban J connectivity index is 2.11. The van der Waals surface area contributed by atoms with Crippen LogP contribution in [0.2, 0.25) is 0 Å². The zero-order valence-electron chi connectivity index (χ0n) is 7.12. The van der Waals surface area contributed by atoms with Crippen molar-refractivity contribution in [3.8, 4) is 0 Å². The van der Waals surface area contributed by atoms with Gasteiger partial charge in [0.2, 0.25) is 0 Å². The molecule has 3 heteroatoms. The first-order chi connectivity index (χ1) is 5.86. The largest absolute Gasteiger partial charge is 0.264 e. The lowest BCUT2D eigenvalue weighted by atomic mass is 10.1. The van der Waals surface area contributed by atoms with E-state index in [1.807, 2.05) is 12.3 Å². The first kappa shape index (κ1) is 7.71. The van der Waals surface area contributed by atoms with Crippen LogP contribution in [0.3, 0.4) is 0 Å². The predicted molar refractivity (Wildman–Crippen MR) is 47.3 cm³/mol. The van der Waals surface area contributed by atoms with Crippen LogP contribution in [0, 0.1) is 0 Å². The third-order valence-corrected chi connectivity index (χ3v) is 2.18. The molecule has 64 valence electrons. The maximum atomic E-state index is 4.09. The number of nitrogens with one attached hydrogen (secondary N) is 2. The maximum Gasteiger partial charge on any atom is 0.0492 e. The topological polar surface area (TPSA) is 37.0 Å². The highest BCUT2D eigenvalue weighted by Crippen LogP contribution is 2.20. The van der Waals surface area contributed by atoms with Gasteiger partial charge in [-0.25, -0.2) is 5.43 Å². The fraction of sp³-hybridized carbons (Fsp3) is 0.444. The molecule has 1 fully saturated rings. The van der Waals surface area contributed by atoms with Crippen LogP contribution in [0.5, 0.6) is 0 Å². The lowest BCUT2D eigenvalue weighted by Gasteiger charge is -2.07. The summed E-state index contributed by atoms with van der Waals surface area (Å²) in [6, 6.07) is 5.05. The highest BCUT2D eigenvalue weighted by atomic mass is 15.4. The maximum absolute atomic E-state index is 4.09. The quantitative estimate of drug-likeness (QED) is 0.648. The van der Waals surface area contributed by atoms with Crippen molar-refractivity contribution in [2.24, 2.45) is 0 Å². The fourth-order valence-corrected chi connectivity index (χ4v) is 1.52. The van der Waals surface area contributed by atoms with E-state index < -0.39 is 0 Å². The molecule has 3 nitrogen and oxygen atoms in total. The van der Waals surface area contributed by atoms with E-state index in [1.54, 1.807) is 6.20 Å². The van der Waals surface area contributed by atoms with Gasteiger partial charge < -0.3 is 0 Å².